The normalized spacial score (nSPS) is 19.9. The summed E-state index contributed by atoms with van der Waals surface area (Å²) in [6.45, 7) is 0.536. The fourth-order valence-electron chi connectivity index (χ4n) is 3.64. The highest BCUT2D eigenvalue weighted by atomic mass is 19.2. The molecule has 1 aliphatic heterocycles. The Morgan fingerprint density at radius 2 is 1.94 bits per heavy atom. The molecule has 2 unspecified atom stereocenters. The topological polar surface area (TPSA) is 78.9 Å². The smallest absolute Gasteiger partial charge is 0.258 e. The zero-order chi connectivity index (χ0) is 25.5. The van der Waals surface area contributed by atoms with Crippen molar-refractivity contribution in [1.82, 2.24) is 5.32 Å². The third-order valence-corrected chi connectivity index (χ3v) is 5.33. The molecule has 0 radical (unpaired) electrons. The Hall–Kier alpha value is -3.40. The van der Waals surface area contributed by atoms with E-state index >= 15 is 4.39 Å². The van der Waals surface area contributed by atoms with Crippen LogP contribution in [0.4, 0.5) is 23.2 Å². The van der Waals surface area contributed by atoms with Crippen molar-refractivity contribution in [2.45, 2.75) is 31.9 Å². The van der Waals surface area contributed by atoms with E-state index < -0.39 is 41.7 Å². The predicted octanol–water partition coefficient (Wildman–Crippen LogP) is 3.78. The summed E-state index contributed by atoms with van der Waals surface area (Å²) in [5.41, 5.74) is -0.244. The number of hydrogen-bond donors (Lipinski definition) is 2. The summed E-state index contributed by atoms with van der Waals surface area (Å²) in [5.74, 6) is -1.76. The minimum atomic E-state index is -2.23. The van der Waals surface area contributed by atoms with Crippen molar-refractivity contribution >= 4 is 23.1 Å². The van der Waals surface area contributed by atoms with Crippen molar-refractivity contribution in [2.24, 2.45) is 0 Å². The summed E-state index contributed by atoms with van der Waals surface area (Å²) in [4.78, 5) is 26.7. The number of benzene rings is 2. The van der Waals surface area contributed by atoms with E-state index in [1.165, 1.54) is 42.2 Å². The Labute approximate surface area is 200 Å². The Morgan fingerprint density at radius 1 is 1.23 bits per heavy atom. The number of nitrogens with zero attached hydrogens (tertiary/aromatic N) is 1. The van der Waals surface area contributed by atoms with Gasteiger partial charge in [0.25, 0.3) is 5.91 Å². The van der Waals surface area contributed by atoms with Crippen molar-refractivity contribution in [2.75, 3.05) is 31.2 Å². The van der Waals surface area contributed by atoms with Crippen molar-refractivity contribution in [3.8, 4) is 5.75 Å². The quantitative estimate of drug-likeness (QED) is 0.454. The maximum absolute atomic E-state index is 15.1. The van der Waals surface area contributed by atoms with Crippen LogP contribution in [-0.4, -0.2) is 61.7 Å². The summed E-state index contributed by atoms with van der Waals surface area (Å²) in [6, 6.07) is 9.17. The predicted molar refractivity (Wildman–Crippen MR) is 123 cm³/mol. The van der Waals surface area contributed by atoms with Crippen molar-refractivity contribution < 1.29 is 37.0 Å². The monoisotopic (exact) mass is 494 g/mol. The third kappa shape index (κ3) is 6.60. The fraction of sp³-hybridized carbons (Fsp3) is 0.360. The van der Waals surface area contributed by atoms with E-state index in [0.29, 0.717) is 5.75 Å². The standard InChI is InChI=1S/C25H26F4N2O4/c1-15(26)14-35-18-5-2-16(3-6-18)25(34)31-10-8-21(28)24(29)20(13-23(33)30-9-11-32)19-12-17(27)4-7-22(19)31/h2-7,12-13,15,21,24,32H,8-11,14H2,1H3,(H,30,33)/b20-13-/t15-,21?,24?/m1/s1. The van der Waals surface area contributed by atoms with Gasteiger partial charge in [0.05, 0.1) is 12.3 Å². The Kier molecular flexibility index (Phi) is 8.86. The van der Waals surface area contributed by atoms with Crippen LogP contribution in [0.2, 0.25) is 0 Å². The first-order chi connectivity index (χ1) is 16.7. The summed E-state index contributed by atoms with van der Waals surface area (Å²) < 4.78 is 62.2. The number of carbonyl (C=O) groups is 2. The molecule has 188 valence electrons. The number of amides is 2. The maximum atomic E-state index is 15.1. The first kappa shape index (κ1) is 26.2. The van der Waals surface area contributed by atoms with E-state index in [4.69, 9.17) is 9.84 Å². The Bertz CT molecular complexity index is 1080. The first-order valence-corrected chi connectivity index (χ1v) is 11.1. The van der Waals surface area contributed by atoms with E-state index in [2.05, 4.69) is 5.32 Å². The summed E-state index contributed by atoms with van der Waals surface area (Å²) >= 11 is 0. The van der Waals surface area contributed by atoms with E-state index in [0.717, 1.165) is 18.2 Å². The van der Waals surface area contributed by atoms with Crippen LogP contribution in [0.5, 0.6) is 5.75 Å². The van der Waals surface area contributed by atoms with Crippen LogP contribution in [0.15, 0.2) is 48.5 Å². The van der Waals surface area contributed by atoms with Crippen LogP contribution in [0.3, 0.4) is 0 Å². The number of aliphatic hydroxyl groups is 1. The number of carbonyl (C=O) groups excluding carboxylic acids is 2. The molecule has 0 aliphatic carbocycles. The van der Waals surface area contributed by atoms with Gasteiger partial charge in [-0.15, -0.1) is 0 Å². The van der Waals surface area contributed by atoms with Crippen molar-refractivity contribution in [3.63, 3.8) is 0 Å². The molecule has 3 atom stereocenters. The Balaban J connectivity index is 2.00. The number of allylic oxidation sites excluding steroid dienone is 1. The van der Waals surface area contributed by atoms with E-state index in [9.17, 15) is 22.8 Å². The molecule has 2 amide bonds. The van der Waals surface area contributed by atoms with Crippen LogP contribution < -0.4 is 15.0 Å². The van der Waals surface area contributed by atoms with Gasteiger partial charge in [-0.05, 0) is 55.8 Å². The van der Waals surface area contributed by atoms with E-state index in [1.54, 1.807) is 0 Å². The lowest BCUT2D eigenvalue weighted by molar-refractivity contribution is -0.116. The lowest BCUT2D eigenvalue weighted by atomic mass is 9.92. The average molecular weight is 494 g/mol. The fourth-order valence-corrected chi connectivity index (χ4v) is 3.64. The van der Waals surface area contributed by atoms with Crippen LogP contribution in [0.25, 0.3) is 5.57 Å². The molecule has 0 aromatic heterocycles. The number of halogens is 4. The average Bonchev–Trinajstić information content (AvgIpc) is 2.84. The number of nitrogens with one attached hydrogen (secondary N) is 1. The van der Waals surface area contributed by atoms with Gasteiger partial charge in [0, 0.05) is 35.9 Å². The molecular formula is C25H26F4N2O4. The second kappa shape index (κ2) is 11.8. The largest absolute Gasteiger partial charge is 0.491 e. The van der Waals surface area contributed by atoms with Crippen LogP contribution in [-0.2, 0) is 4.79 Å². The molecule has 3 rings (SSSR count). The van der Waals surface area contributed by atoms with Gasteiger partial charge in [-0.25, -0.2) is 17.6 Å². The molecule has 0 saturated heterocycles. The molecule has 35 heavy (non-hydrogen) atoms. The minimum absolute atomic E-state index is 0.108. The van der Waals surface area contributed by atoms with Gasteiger partial charge in [0.1, 0.15) is 30.5 Å². The van der Waals surface area contributed by atoms with Crippen LogP contribution >= 0.6 is 0 Å². The van der Waals surface area contributed by atoms with Gasteiger partial charge in [0.2, 0.25) is 5.91 Å². The molecule has 0 bridgehead atoms. The van der Waals surface area contributed by atoms with E-state index in [-0.39, 0.29) is 49.5 Å². The number of fused-ring (bicyclic) bond motifs is 1. The molecule has 10 heteroatoms. The number of hydrogen-bond acceptors (Lipinski definition) is 4. The zero-order valence-electron chi connectivity index (χ0n) is 19.0. The maximum Gasteiger partial charge on any atom is 0.258 e. The molecule has 6 nitrogen and oxygen atoms in total. The van der Waals surface area contributed by atoms with Crippen LogP contribution in [0.1, 0.15) is 29.3 Å². The highest BCUT2D eigenvalue weighted by Gasteiger charge is 2.34. The van der Waals surface area contributed by atoms with Crippen LogP contribution in [0, 0.1) is 5.82 Å². The van der Waals surface area contributed by atoms with Gasteiger partial charge < -0.3 is 20.1 Å². The number of ether oxygens (including phenoxy) is 1. The molecule has 2 aromatic carbocycles. The van der Waals surface area contributed by atoms with Gasteiger partial charge in [-0.2, -0.15) is 0 Å². The van der Waals surface area contributed by atoms with E-state index in [1.807, 2.05) is 0 Å². The SMILES string of the molecule is C[C@@H](F)COc1ccc(C(=O)N2CCC(F)C(F)/C(=C\C(=O)NCCO)c3cc(F)ccc32)cc1. The summed E-state index contributed by atoms with van der Waals surface area (Å²) in [7, 11) is 0. The molecular weight excluding hydrogens is 468 g/mol. The Morgan fingerprint density at radius 3 is 2.60 bits per heavy atom. The number of anilines is 1. The second-order valence-corrected chi connectivity index (χ2v) is 8.06. The molecule has 2 N–H and O–H groups in total. The van der Waals surface area contributed by atoms with Crippen molar-refractivity contribution in [3.05, 3.63) is 65.5 Å². The highest BCUT2D eigenvalue weighted by Crippen LogP contribution is 2.37. The molecule has 1 aliphatic rings. The second-order valence-electron chi connectivity index (χ2n) is 8.06. The van der Waals surface area contributed by atoms with Gasteiger partial charge in [-0.3, -0.25) is 9.59 Å². The first-order valence-electron chi connectivity index (χ1n) is 11.1. The van der Waals surface area contributed by atoms with Gasteiger partial charge >= 0.3 is 0 Å². The third-order valence-electron chi connectivity index (χ3n) is 5.33. The van der Waals surface area contributed by atoms with Gasteiger partial charge in [-0.1, -0.05) is 0 Å². The lowest BCUT2D eigenvalue weighted by Crippen LogP contribution is -2.38. The highest BCUT2D eigenvalue weighted by molar-refractivity contribution is 6.08. The van der Waals surface area contributed by atoms with Gasteiger partial charge in [0.15, 0.2) is 6.17 Å². The molecule has 1 heterocycles. The molecule has 0 saturated carbocycles. The lowest BCUT2D eigenvalue weighted by Gasteiger charge is -2.31. The zero-order valence-corrected chi connectivity index (χ0v) is 19.0. The summed E-state index contributed by atoms with van der Waals surface area (Å²) in [5, 5.41) is 11.2. The number of aliphatic hydroxyl groups excluding tert-OH is 1. The molecule has 0 spiro atoms. The number of rotatable bonds is 7. The number of alkyl halides is 3. The minimum Gasteiger partial charge on any atom is -0.491 e. The van der Waals surface area contributed by atoms with Crippen molar-refractivity contribution in [1.29, 1.82) is 0 Å². The molecule has 2 aromatic rings. The molecule has 0 fully saturated rings. The summed E-state index contributed by atoms with van der Waals surface area (Å²) in [6.07, 6.45) is -5.01.